The van der Waals surface area contributed by atoms with Gasteiger partial charge in [0.1, 0.15) is 6.71 Å². The van der Waals surface area contributed by atoms with Gasteiger partial charge in [-0.25, -0.2) is 0 Å². The van der Waals surface area contributed by atoms with Crippen LogP contribution in [0.3, 0.4) is 0 Å². The van der Waals surface area contributed by atoms with Crippen molar-refractivity contribution in [1.82, 2.24) is 0 Å². The van der Waals surface area contributed by atoms with Crippen molar-refractivity contribution >= 4 is 6.71 Å². The highest BCUT2D eigenvalue weighted by atomic mass is 14.2. The third-order valence-electron chi connectivity index (χ3n) is 6.40. The molecule has 1 heteroatoms. The van der Waals surface area contributed by atoms with Gasteiger partial charge in [0, 0.05) is 0 Å². The van der Waals surface area contributed by atoms with Crippen molar-refractivity contribution in [3.05, 3.63) is 0 Å². The second-order valence-electron chi connectivity index (χ2n) is 8.02. The van der Waals surface area contributed by atoms with Crippen LogP contribution >= 0.6 is 0 Å². The van der Waals surface area contributed by atoms with Crippen LogP contribution in [0.4, 0.5) is 0 Å². The molecule has 21 heavy (non-hydrogen) atoms. The van der Waals surface area contributed by atoms with E-state index < -0.39 is 0 Å². The molecule has 0 saturated heterocycles. The van der Waals surface area contributed by atoms with E-state index in [0.29, 0.717) is 0 Å². The molecule has 0 amide bonds. The Bertz CT molecular complexity index is 220. The fourth-order valence-corrected chi connectivity index (χ4v) is 5.14. The molecule has 0 aromatic carbocycles. The monoisotopic (exact) mass is 290 g/mol. The molecule has 0 aromatic heterocycles. The normalized spacial score (nSPS) is 21.6. The number of hydrogen-bond acceptors (Lipinski definition) is 0. The molecular weight excluding hydrogens is 251 g/mol. The maximum atomic E-state index is 2.32. The fraction of sp³-hybridized carbons (Fsp3) is 1.00. The Labute approximate surface area is 134 Å². The summed E-state index contributed by atoms with van der Waals surface area (Å²) < 4.78 is 0. The Morgan fingerprint density at radius 3 is 1.62 bits per heavy atom. The van der Waals surface area contributed by atoms with E-state index in [1.165, 1.54) is 77.0 Å². The van der Waals surface area contributed by atoms with Crippen molar-refractivity contribution in [3.8, 4) is 0 Å². The third kappa shape index (κ3) is 6.37. The largest absolute Gasteiger partial charge is 0.146 e. The summed E-state index contributed by atoms with van der Waals surface area (Å²) in [6.07, 6.45) is 25.9. The van der Waals surface area contributed by atoms with Crippen molar-refractivity contribution in [2.24, 2.45) is 0 Å². The molecule has 0 radical (unpaired) electrons. The first kappa shape index (κ1) is 17.4. The molecule has 0 unspecified atom stereocenters. The molecule has 0 spiro atoms. The summed E-state index contributed by atoms with van der Waals surface area (Å²) in [4.78, 5) is 0. The molecule has 0 aromatic rings. The minimum Gasteiger partial charge on any atom is -0.0737 e. The standard InChI is InChI=1S/C20H39B/c1-2-3-4-5-6-13-18-21(19-14-9-7-10-15-19)20-16-11-8-12-17-20/h19-20H,2-18H2,1H3. The Kier molecular flexibility index (Phi) is 8.90. The molecule has 0 bridgehead atoms. The summed E-state index contributed by atoms with van der Waals surface area (Å²) in [6.45, 7) is 3.43. The topological polar surface area (TPSA) is 0 Å². The van der Waals surface area contributed by atoms with E-state index in [0.717, 1.165) is 18.3 Å². The van der Waals surface area contributed by atoms with Crippen molar-refractivity contribution in [2.75, 3.05) is 0 Å². The summed E-state index contributed by atoms with van der Waals surface area (Å²) in [5.74, 6) is 2.22. The zero-order valence-corrected chi connectivity index (χ0v) is 14.8. The maximum absolute atomic E-state index is 2.32. The van der Waals surface area contributed by atoms with Crippen LogP contribution < -0.4 is 0 Å². The van der Waals surface area contributed by atoms with Crippen LogP contribution in [0.1, 0.15) is 110 Å². The predicted octanol–water partition coefficient (Wildman–Crippen LogP) is 7.51. The lowest BCUT2D eigenvalue weighted by molar-refractivity contribution is 0.458. The van der Waals surface area contributed by atoms with E-state index in [2.05, 4.69) is 6.92 Å². The number of unbranched alkanes of at least 4 members (excludes halogenated alkanes) is 5. The van der Waals surface area contributed by atoms with Gasteiger partial charge in [-0.15, -0.1) is 0 Å². The average Bonchev–Trinajstić information content (AvgIpc) is 2.56. The molecule has 122 valence electrons. The first-order valence-electron chi connectivity index (χ1n) is 10.4. The molecule has 2 saturated carbocycles. The molecule has 2 rings (SSSR count). The Morgan fingerprint density at radius 1 is 0.619 bits per heavy atom. The molecule has 0 atom stereocenters. The van der Waals surface area contributed by atoms with Crippen LogP contribution in [0, 0.1) is 0 Å². The lowest BCUT2D eigenvalue weighted by Crippen LogP contribution is -2.30. The SMILES string of the molecule is CCCCCCCCB(C1CCCCC1)C1CCCCC1. The molecule has 2 aliphatic carbocycles. The Hall–Kier alpha value is 0.0649. The number of hydrogen-bond donors (Lipinski definition) is 0. The van der Waals surface area contributed by atoms with Crippen LogP contribution in [-0.2, 0) is 0 Å². The molecule has 2 aliphatic rings. The lowest BCUT2D eigenvalue weighted by Gasteiger charge is -2.35. The van der Waals surface area contributed by atoms with E-state index in [4.69, 9.17) is 0 Å². The van der Waals surface area contributed by atoms with Gasteiger partial charge in [-0.3, -0.25) is 0 Å². The highest BCUT2D eigenvalue weighted by Gasteiger charge is 2.33. The summed E-state index contributed by atoms with van der Waals surface area (Å²) in [5.41, 5.74) is 0. The predicted molar refractivity (Wildman–Crippen MR) is 97.6 cm³/mol. The summed E-state index contributed by atoms with van der Waals surface area (Å²) in [5, 5.41) is 0. The van der Waals surface area contributed by atoms with E-state index in [1.54, 1.807) is 32.0 Å². The van der Waals surface area contributed by atoms with Gasteiger partial charge in [-0.2, -0.15) is 0 Å². The van der Waals surface area contributed by atoms with Gasteiger partial charge in [-0.1, -0.05) is 128 Å². The van der Waals surface area contributed by atoms with Crippen LogP contribution in [0.2, 0.25) is 18.0 Å². The van der Waals surface area contributed by atoms with Crippen LogP contribution in [0.25, 0.3) is 0 Å². The van der Waals surface area contributed by atoms with Gasteiger partial charge in [-0.05, 0) is 0 Å². The maximum Gasteiger partial charge on any atom is 0.146 e. The third-order valence-corrected chi connectivity index (χ3v) is 6.40. The minimum atomic E-state index is 1.11. The van der Waals surface area contributed by atoms with Gasteiger partial charge in [0.2, 0.25) is 0 Å². The smallest absolute Gasteiger partial charge is 0.0737 e. The van der Waals surface area contributed by atoms with Crippen LogP contribution in [0.5, 0.6) is 0 Å². The van der Waals surface area contributed by atoms with Gasteiger partial charge < -0.3 is 0 Å². The summed E-state index contributed by atoms with van der Waals surface area (Å²) in [6, 6.07) is 0. The Morgan fingerprint density at radius 2 is 1.10 bits per heavy atom. The van der Waals surface area contributed by atoms with Gasteiger partial charge in [0.25, 0.3) is 0 Å². The fourth-order valence-electron chi connectivity index (χ4n) is 5.14. The number of rotatable bonds is 9. The molecule has 2 fully saturated rings. The van der Waals surface area contributed by atoms with Gasteiger partial charge in [0.15, 0.2) is 0 Å². The zero-order valence-electron chi connectivity index (χ0n) is 14.8. The lowest BCUT2D eigenvalue weighted by atomic mass is 9.28. The van der Waals surface area contributed by atoms with E-state index >= 15 is 0 Å². The van der Waals surface area contributed by atoms with Crippen molar-refractivity contribution < 1.29 is 0 Å². The van der Waals surface area contributed by atoms with Crippen molar-refractivity contribution in [1.29, 1.82) is 0 Å². The second-order valence-corrected chi connectivity index (χ2v) is 8.02. The zero-order chi connectivity index (χ0) is 14.8. The molecule has 0 N–H and O–H groups in total. The van der Waals surface area contributed by atoms with Crippen LogP contribution in [0.15, 0.2) is 0 Å². The first-order chi connectivity index (χ1) is 10.4. The first-order valence-corrected chi connectivity index (χ1v) is 10.4. The average molecular weight is 290 g/mol. The minimum absolute atomic E-state index is 1.11. The van der Waals surface area contributed by atoms with E-state index in [1.807, 2.05) is 0 Å². The summed E-state index contributed by atoms with van der Waals surface area (Å²) >= 11 is 0. The van der Waals surface area contributed by atoms with Crippen LogP contribution in [-0.4, -0.2) is 6.71 Å². The van der Waals surface area contributed by atoms with E-state index in [9.17, 15) is 0 Å². The molecule has 0 aliphatic heterocycles. The van der Waals surface area contributed by atoms with Gasteiger partial charge in [0.05, 0.1) is 0 Å². The highest BCUT2D eigenvalue weighted by Crippen LogP contribution is 2.43. The summed E-state index contributed by atoms with van der Waals surface area (Å²) in [7, 11) is 0. The molecule has 0 nitrogen and oxygen atoms in total. The van der Waals surface area contributed by atoms with Crippen molar-refractivity contribution in [3.63, 3.8) is 0 Å². The quantitative estimate of drug-likeness (QED) is 0.304. The van der Waals surface area contributed by atoms with Crippen molar-refractivity contribution in [2.45, 2.75) is 128 Å². The molecule has 0 heterocycles. The Balaban J connectivity index is 1.74. The second kappa shape index (κ2) is 10.7. The van der Waals surface area contributed by atoms with E-state index in [-0.39, 0.29) is 0 Å². The van der Waals surface area contributed by atoms with Gasteiger partial charge >= 0.3 is 0 Å². The molecular formula is C20H39B. The highest BCUT2D eigenvalue weighted by molar-refractivity contribution is 6.62.